The summed E-state index contributed by atoms with van der Waals surface area (Å²) < 4.78 is 0. The molecule has 5 heteroatoms. The number of rotatable bonds is 7. The Morgan fingerprint density at radius 2 is 1.53 bits per heavy atom. The van der Waals surface area contributed by atoms with E-state index in [0.29, 0.717) is 18.0 Å². The van der Waals surface area contributed by atoms with Crippen LogP contribution in [0.2, 0.25) is 0 Å². The minimum Gasteiger partial charge on any atom is -0.356 e. The molecule has 0 aliphatic carbocycles. The molecule has 0 bridgehead atoms. The number of nitrogens with one attached hydrogen (secondary N) is 2. The van der Waals surface area contributed by atoms with Gasteiger partial charge in [0, 0.05) is 38.8 Å². The second-order valence-electron chi connectivity index (χ2n) is 5.70. The molecule has 0 unspecified atom stereocenters. The zero-order chi connectivity index (χ0) is 14.1. The molecule has 0 aliphatic rings. The van der Waals surface area contributed by atoms with Crippen molar-refractivity contribution in [3.63, 3.8) is 0 Å². The van der Waals surface area contributed by atoms with Crippen LogP contribution in [-0.4, -0.2) is 49.6 Å². The summed E-state index contributed by atoms with van der Waals surface area (Å²) in [5.74, 6) is 1.53. The number of guanidine groups is 1. The van der Waals surface area contributed by atoms with E-state index in [9.17, 15) is 0 Å². The highest BCUT2D eigenvalue weighted by Gasteiger charge is 2.12. The minimum absolute atomic E-state index is 0. The molecule has 0 atom stereocenters. The molecule has 0 aromatic heterocycles. The third kappa shape index (κ3) is 10.4. The molecule has 0 saturated heterocycles. The Kier molecular flexibility index (Phi) is 13.2. The second-order valence-corrected chi connectivity index (χ2v) is 5.70. The summed E-state index contributed by atoms with van der Waals surface area (Å²) in [5.41, 5.74) is 0. The first-order chi connectivity index (χ1) is 8.38. The average molecular weight is 384 g/mol. The van der Waals surface area contributed by atoms with Crippen molar-refractivity contribution in [3.8, 4) is 0 Å². The van der Waals surface area contributed by atoms with Gasteiger partial charge in [-0.05, 0) is 33.6 Å². The average Bonchev–Trinajstić information content (AvgIpc) is 2.26. The number of halogens is 1. The fraction of sp³-hybridized carbons (Fsp3) is 0.929. The Morgan fingerprint density at radius 3 is 1.89 bits per heavy atom. The Bertz CT molecular complexity index is 232. The van der Waals surface area contributed by atoms with Crippen molar-refractivity contribution in [1.29, 1.82) is 0 Å². The van der Waals surface area contributed by atoms with Gasteiger partial charge in [-0.2, -0.15) is 0 Å². The van der Waals surface area contributed by atoms with Gasteiger partial charge in [-0.15, -0.1) is 24.0 Å². The molecule has 0 rings (SSSR count). The molecule has 0 heterocycles. The van der Waals surface area contributed by atoms with Crippen molar-refractivity contribution in [2.75, 3.05) is 26.7 Å². The molecule has 19 heavy (non-hydrogen) atoms. The van der Waals surface area contributed by atoms with Crippen LogP contribution in [0.5, 0.6) is 0 Å². The minimum atomic E-state index is 0. The van der Waals surface area contributed by atoms with Crippen LogP contribution < -0.4 is 10.6 Å². The quantitative estimate of drug-likeness (QED) is 0.403. The monoisotopic (exact) mass is 384 g/mol. The highest BCUT2D eigenvalue weighted by molar-refractivity contribution is 14.0. The first-order valence-corrected chi connectivity index (χ1v) is 7.08. The Morgan fingerprint density at radius 1 is 1.00 bits per heavy atom. The SMILES string of the molecule is CN=C(NCCN(C(C)C)C(C)C)NCC(C)C.I. The zero-order valence-corrected chi connectivity index (χ0v) is 16.0. The molecular formula is C14H33IN4. The Labute approximate surface area is 136 Å². The Hall–Kier alpha value is -0.0400. The summed E-state index contributed by atoms with van der Waals surface area (Å²) in [5, 5.41) is 6.68. The van der Waals surface area contributed by atoms with Gasteiger partial charge in [-0.3, -0.25) is 9.89 Å². The molecular weight excluding hydrogens is 351 g/mol. The highest BCUT2D eigenvalue weighted by Crippen LogP contribution is 2.03. The third-order valence-electron chi connectivity index (χ3n) is 2.89. The van der Waals surface area contributed by atoms with E-state index < -0.39 is 0 Å². The molecule has 2 N–H and O–H groups in total. The van der Waals surface area contributed by atoms with Gasteiger partial charge in [-0.25, -0.2) is 0 Å². The lowest BCUT2D eigenvalue weighted by Gasteiger charge is -2.30. The molecule has 4 nitrogen and oxygen atoms in total. The van der Waals surface area contributed by atoms with Crippen LogP contribution in [0.3, 0.4) is 0 Å². The van der Waals surface area contributed by atoms with Gasteiger partial charge in [0.05, 0.1) is 0 Å². The summed E-state index contributed by atoms with van der Waals surface area (Å²) in [6.45, 7) is 16.3. The van der Waals surface area contributed by atoms with Crippen LogP contribution in [-0.2, 0) is 0 Å². The van der Waals surface area contributed by atoms with Gasteiger partial charge in [-0.1, -0.05) is 13.8 Å². The van der Waals surface area contributed by atoms with Gasteiger partial charge in [0.1, 0.15) is 0 Å². The van der Waals surface area contributed by atoms with Crippen molar-refractivity contribution in [2.24, 2.45) is 10.9 Å². The lowest BCUT2D eigenvalue weighted by Crippen LogP contribution is -2.45. The van der Waals surface area contributed by atoms with Crippen molar-refractivity contribution in [1.82, 2.24) is 15.5 Å². The zero-order valence-electron chi connectivity index (χ0n) is 13.7. The van der Waals surface area contributed by atoms with E-state index in [1.165, 1.54) is 0 Å². The molecule has 0 aromatic rings. The van der Waals surface area contributed by atoms with E-state index in [0.717, 1.165) is 25.6 Å². The maximum absolute atomic E-state index is 4.22. The summed E-state index contributed by atoms with van der Waals surface area (Å²) in [6.07, 6.45) is 0. The lowest BCUT2D eigenvalue weighted by atomic mass is 10.2. The van der Waals surface area contributed by atoms with Gasteiger partial charge >= 0.3 is 0 Å². The number of nitrogens with zero attached hydrogens (tertiary/aromatic N) is 2. The maximum Gasteiger partial charge on any atom is 0.191 e. The van der Waals surface area contributed by atoms with Crippen LogP contribution in [0.4, 0.5) is 0 Å². The van der Waals surface area contributed by atoms with Gasteiger partial charge in [0.25, 0.3) is 0 Å². The normalized spacial score (nSPS) is 12.3. The van der Waals surface area contributed by atoms with Crippen LogP contribution in [0, 0.1) is 5.92 Å². The summed E-state index contributed by atoms with van der Waals surface area (Å²) in [4.78, 5) is 6.70. The third-order valence-corrected chi connectivity index (χ3v) is 2.89. The fourth-order valence-electron chi connectivity index (χ4n) is 1.94. The first-order valence-electron chi connectivity index (χ1n) is 7.08. The molecule has 0 aliphatic heterocycles. The molecule has 0 amide bonds. The van der Waals surface area contributed by atoms with Gasteiger partial charge < -0.3 is 10.6 Å². The van der Waals surface area contributed by atoms with E-state index in [-0.39, 0.29) is 24.0 Å². The lowest BCUT2D eigenvalue weighted by molar-refractivity contribution is 0.178. The van der Waals surface area contributed by atoms with Crippen LogP contribution in [0.25, 0.3) is 0 Å². The van der Waals surface area contributed by atoms with Crippen LogP contribution >= 0.6 is 24.0 Å². The Balaban J connectivity index is 0. The van der Waals surface area contributed by atoms with Crippen LogP contribution in [0.1, 0.15) is 41.5 Å². The standard InChI is InChI=1S/C14H32N4.HI/c1-11(2)10-17-14(15-7)16-8-9-18(12(3)4)13(5)6;/h11-13H,8-10H2,1-7H3,(H2,15,16,17);1H. The molecule has 0 aromatic carbocycles. The van der Waals surface area contributed by atoms with Crippen LogP contribution in [0.15, 0.2) is 4.99 Å². The van der Waals surface area contributed by atoms with E-state index in [4.69, 9.17) is 0 Å². The smallest absolute Gasteiger partial charge is 0.191 e. The van der Waals surface area contributed by atoms with E-state index in [1.54, 1.807) is 0 Å². The molecule has 116 valence electrons. The van der Waals surface area contributed by atoms with Gasteiger partial charge in [0.2, 0.25) is 0 Å². The van der Waals surface area contributed by atoms with Crippen molar-refractivity contribution < 1.29 is 0 Å². The molecule has 0 spiro atoms. The van der Waals surface area contributed by atoms with Crippen molar-refractivity contribution in [3.05, 3.63) is 0 Å². The maximum atomic E-state index is 4.22. The topological polar surface area (TPSA) is 39.7 Å². The number of hydrogen-bond donors (Lipinski definition) is 2. The van der Waals surface area contributed by atoms with E-state index in [2.05, 4.69) is 62.1 Å². The van der Waals surface area contributed by atoms with Crippen molar-refractivity contribution in [2.45, 2.75) is 53.6 Å². The predicted octanol–water partition coefficient (Wildman–Crippen LogP) is 2.54. The largest absolute Gasteiger partial charge is 0.356 e. The predicted molar refractivity (Wildman–Crippen MR) is 96.6 cm³/mol. The summed E-state index contributed by atoms with van der Waals surface area (Å²) >= 11 is 0. The van der Waals surface area contributed by atoms with Gasteiger partial charge in [0.15, 0.2) is 5.96 Å². The second kappa shape index (κ2) is 11.8. The number of aliphatic imine (C=N–C) groups is 1. The molecule has 0 saturated carbocycles. The van der Waals surface area contributed by atoms with E-state index in [1.807, 2.05) is 7.05 Å². The first kappa shape index (κ1) is 21.3. The summed E-state index contributed by atoms with van der Waals surface area (Å²) in [7, 11) is 1.82. The number of hydrogen-bond acceptors (Lipinski definition) is 2. The van der Waals surface area contributed by atoms with E-state index >= 15 is 0 Å². The highest BCUT2D eigenvalue weighted by atomic mass is 127. The fourth-order valence-corrected chi connectivity index (χ4v) is 1.94. The van der Waals surface area contributed by atoms with Crippen molar-refractivity contribution >= 4 is 29.9 Å². The molecule has 0 fully saturated rings. The summed E-state index contributed by atoms with van der Waals surface area (Å²) in [6, 6.07) is 1.16. The molecule has 0 radical (unpaired) electrons.